The molecule has 0 bridgehead atoms. The minimum Gasteiger partial charge on any atom is -0.381 e. The van der Waals surface area contributed by atoms with E-state index in [2.05, 4.69) is 11.4 Å². The average Bonchev–Trinajstić information content (AvgIpc) is 2.78. The maximum Gasteiger partial charge on any atom is 0.0786 e. The molecule has 1 atom stereocenters. The lowest BCUT2D eigenvalue weighted by Crippen LogP contribution is -2.20. The van der Waals surface area contributed by atoms with Crippen LogP contribution in [0.25, 0.3) is 0 Å². The Balaban J connectivity index is 2.06. The third-order valence-electron chi connectivity index (χ3n) is 2.98. The molecular formula is C13H19ClN2O. The second-order valence-electron chi connectivity index (χ2n) is 4.55. The van der Waals surface area contributed by atoms with Gasteiger partial charge < -0.3 is 15.0 Å². The van der Waals surface area contributed by atoms with E-state index in [4.69, 9.17) is 16.3 Å². The van der Waals surface area contributed by atoms with Crippen molar-refractivity contribution in [1.29, 1.82) is 0 Å². The minimum absolute atomic E-state index is 0.337. The topological polar surface area (TPSA) is 24.5 Å². The Morgan fingerprint density at radius 2 is 2.29 bits per heavy atom. The number of nitrogens with zero attached hydrogens (tertiary/aromatic N) is 1. The predicted molar refractivity (Wildman–Crippen MR) is 73.2 cm³/mol. The Bertz CT molecular complexity index is 376. The standard InChI is InChI=1S/C13H19ClN2O/c1-16(2)13-11(14)6-3-7-12(13)15-9-10-5-4-8-17-10/h3,6-7,10,15H,4-5,8-9H2,1-2H3. The maximum absolute atomic E-state index is 6.21. The molecule has 1 aliphatic heterocycles. The summed E-state index contributed by atoms with van der Waals surface area (Å²) in [6.45, 7) is 1.74. The van der Waals surface area contributed by atoms with Crippen LogP contribution >= 0.6 is 11.6 Å². The molecule has 0 amide bonds. The summed E-state index contributed by atoms with van der Waals surface area (Å²) in [5.74, 6) is 0. The van der Waals surface area contributed by atoms with E-state index in [-0.39, 0.29) is 0 Å². The summed E-state index contributed by atoms with van der Waals surface area (Å²) in [5.41, 5.74) is 2.10. The summed E-state index contributed by atoms with van der Waals surface area (Å²) in [7, 11) is 4.00. The summed E-state index contributed by atoms with van der Waals surface area (Å²) in [6, 6.07) is 5.93. The van der Waals surface area contributed by atoms with Gasteiger partial charge in [0.2, 0.25) is 0 Å². The van der Waals surface area contributed by atoms with Gasteiger partial charge in [0.05, 0.1) is 22.5 Å². The van der Waals surface area contributed by atoms with Crippen molar-refractivity contribution < 1.29 is 4.74 Å². The van der Waals surface area contributed by atoms with Crippen LogP contribution in [0.15, 0.2) is 18.2 Å². The zero-order valence-electron chi connectivity index (χ0n) is 10.4. The Morgan fingerprint density at radius 1 is 1.47 bits per heavy atom. The van der Waals surface area contributed by atoms with Crippen LogP contribution in [-0.4, -0.2) is 33.4 Å². The van der Waals surface area contributed by atoms with Crippen molar-refractivity contribution in [2.75, 3.05) is 37.5 Å². The Kier molecular flexibility index (Phi) is 4.13. The molecule has 4 heteroatoms. The van der Waals surface area contributed by atoms with Crippen molar-refractivity contribution in [3.05, 3.63) is 23.2 Å². The summed E-state index contributed by atoms with van der Waals surface area (Å²) < 4.78 is 5.60. The first-order chi connectivity index (χ1) is 8.18. The number of anilines is 2. The van der Waals surface area contributed by atoms with E-state index in [1.54, 1.807) is 0 Å². The van der Waals surface area contributed by atoms with Gasteiger partial charge in [0.1, 0.15) is 0 Å². The Hall–Kier alpha value is -0.930. The lowest BCUT2D eigenvalue weighted by atomic mass is 10.2. The quantitative estimate of drug-likeness (QED) is 0.894. The van der Waals surface area contributed by atoms with E-state index in [0.717, 1.165) is 36.0 Å². The van der Waals surface area contributed by atoms with Gasteiger partial charge in [0.15, 0.2) is 0 Å². The van der Waals surface area contributed by atoms with E-state index in [0.29, 0.717) is 6.10 Å². The van der Waals surface area contributed by atoms with E-state index in [1.807, 2.05) is 31.1 Å². The first-order valence-corrected chi connectivity index (χ1v) is 6.37. The zero-order chi connectivity index (χ0) is 12.3. The fourth-order valence-electron chi connectivity index (χ4n) is 2.14. The smallest absolute Gasteiger partial charge is 0.0786 e. The number of rotatable bonds is 4. The van der Waals surface area contributed by atoms with Gasteiger partial charge in [-0.3, -0.25) is 0 Å². The third-order valence-corrected chi connectivity index (χ3v) is 3.28. The monoisotopic (exact) mass is 254 g/mol. The minimum atomic E-state index is 0.337. The van der Waals surface area contributed by atoms with Crippen LogP contribution in [0, 0.1) is 0 Å². The molecule has 0 saturated carbocycles. The molecule has 0 aromatic heterocycles. The maximum atomic E-state index is 6.21. The van der Waals surface area contributed by atoms with Crippen molar-refractivity contribution in [2.24, 2.45) is 0 Å². The van der Waals surface area contributed by atoms with Crippen LogP contribution in [0.2, 0.25) is 5.02 Å². The molecule has 1 saturated heterocycles. The van der Waals surface area contributed by atoms with Crippen molar-refractivity contribution in [3.8, 4) is 0 Å². The highest BCUT2D eigenvalue weighted by atomic mass is 35.5. The van der Waals surface area contributed by atoms with Gasteiger partial charge in [0.25, 0.3) is 0 Å². The first-order valence-electron chi connectivity index (χ1n) is 6.00. The molecule has 2 rings (SSSR count). The van der Waals surface area contributed by atoms with E-state index in [9.17, 15) is 0 Å². The van der Waals surface area contributed by atoms with Crippen molar-refractivity contribution >= 4 is 23.0 Å². The fourth-order valence-corrected chi connectivity index (χ4v) is 2.49. The first kappa shape index (κ1) is 12.5. The molecule has 17 heavy (non-hydrogen) atoms. The van der Waals surface area contributed by atoms with E-state index >= 15 is 0 Å². The third kappa shape index (κ3) is 3.05. The van der Waals surface area contributed by atoms with Crippen LogP contribution in [0.5, 0.6) is 0 Å². The number of halogens is 1. The molecule has 0 aliphatic carbocycles. The predicted octanol–water partition coefficient (Wildman–Crippen LogP) is 3.00. The number of benzene rings is 1. The number of hydrogen-bond donors (Lipinski definition) is 1. The molecule has 0 radical (unpaired) electrons. The molecule has 1 aromatic carbocycles. The highest BCUT2D eigenvalue weighted by molar-refractivity contribution is 6.34. The fraction of sp³-hybridized carbons (Fsp3) is 0.538. The number of ether oxygens (including phenoxy) is 1. The largest absolute Gasteiger partial charge is 0.381 e. The van der Waals surface area contributed by atoms with Gasteiger partial charge >= 0.3 is 0 Å². The van der Waals surface area contributed by atoms with Gasteiger partial charge in [0, 0.05) is 27.2 Å². The number of hydrogen-bond acceptors (Lipinski definition) is 3. The molecule has 1 fully saturated rings. The Labute approximate surface area is 108 Å². The van der Waals surface area contributed by atoms with Crippen molar-refractivity contribution in [2.45, 2.75) is 18.9 Å². The van der Waals surface area contributed by atoms with Gasteiger partial charge in [-0.25, -0.2) is 0 Å². The molecular weight excluding hydrogens is 236 g/mol. The summed E-state index contributed by atoms with van der Waals surface area (Å²) in [6.07, 6.45) is 2.65. The highest BCUT2D eigenvalue weighted by Gasteiger charge is 2.16. The molecule has 1 unspecified atom stereocenters. The number of para-hydroxylation sites is 1. The lowest BCUT2D eigenvalue weighted by Gasteiger charge is -2.21. The van der Waals surface area contributed by atoms with Gasteiger partial charge in [-0.15, -0.1) is 0 Å². The van der Waals surface area contributed by atoms with Gasteiger partial charge in [-0.05, 0) is 25.0 Å². The van der Waals surface area contributed by atoms with Crippen molar-refractivity contribution in [3.63, 3.8) is 0 Å². The van der Waals surface area contributed by atoms with E-state index < -0.39 is 0 Å². The molecule has 3 nitrogen and oxygen atoms in total. The SMILES string of the molecule is CN(C)c1c(Cl)cccc1NCC1CCCO1. The lowest BCUT2D eigenvalue weighted by molar-refractivity contribution is 0.120. The highest BCUT2D eigenvalue weighted by Crippen LogP contribution is 2.32. The molecule has 1 aromatic rings. The van der Waals surface area contributed by atoms with Gasteiger partial charge in [-0.1, -0.05) is 17.7 Å². The van der Waals surface area contributed by atoms with Crippen LogP contribution < -0.4 is 10.2 Å². The van der Waals surface area contributed by atoms with Crippen LogP contribution in [0.4, 0.5) is 11.4 Å². The van der Waals surface area contributed by atoms with E-state index in [1.165, 1.54) is 6.42 Å². The molecule has 94 valence electrons. The normalized spacial score (nSPS) is 19.4. The van der Waals surface area contributed by atoms with Gasteiger partial charge in [-0.2, -0.15) is 0 Å². The second kappa shape index (κ2) is 5.61. The van der Waals surface area contributed by atoms with Crippen LogP contribution in [0.1, 0.15) is 12.8 Å². The van der Waals surface area contributed by atoms with Crippen molar-refractivity contribution in [1.82, 2.24) is 0 Å². The number of nitrogens with one attached hydrogen (secondary N) is 1. The molecule has 1 heterocycles. The molecule has 0 spiro atoms. The average molecular weight is 255 g/mol. The Morgan fingerprint density at radius 3 is 2.94 bits per heavy atom. The molecule has 1 N–H and O–H groups in total. The zero-order valence-corrected chi connectivity index (χ0v) is 11.1. The molecule has 1 aliphatic rings. The summed E-state index contributed by atoms with van der Waals surface area (Å²) >= 11 is 6.21. The second-order valence-corrected chi connectivity index (χ2v) is 4.95. The van der Waals surface area contributed by atoms with Crippen LogP contribution in [0.3, 0.4) is 0 Å². The summed E-state index contributed by atoms with van der Waals surface area (Å²) in [5, 5.41) is 4.20. The summed E-state index contributed by atoms with van der Waals surface area (Å²) in [4.78, 5) is 2.03. The van der Waals surface area contributed by atoms with Crippen LogP contribution in [-0.2, 0) is 4.74 Å².